The molecule has 1 rings (SSSR count). The molecule has 0 saturated heterocycles. The Kier molecular flexibility index (Phi) is 7.03. The summed E-state index contributed by atoms with van der Waals surface area (Å²) in [6.45, 7) is 1.86. The Hall–Kier alpha value is -1.60. The van der Waals surface area contributed by atoms with Crippen LogP contribution in [-0.4, -0.2) is 43.3 Å². The predicted molar refractivity (Wildman–Crippen MR) is 75.8 cm³/mol. The van der Waals surface area contributed by atoms with Crippen molar-refractivity contribution < 1.29 is 24.2 Å². The summed E-state index contributed by atoms with van der Waals surface area (Å²) in [6.07, 6.45) is 0. The van der Waals surface area contributed by atoms with Crippen molar-refractivity contribution >= 4 is 27.8 Å². The van der Waals surface area contributed by atoms with Crippen LogP contribution in [0.4, 0.5) is 0 Å². The number of ether oxygens (including phenoxy) is 2. The summed E-state index contributed by atoms with van der Waals surface area (Å²) in [5, 5.41) is 10.9. The quantitative estimate of drug-likeness (QED) is 0.695. The first-order valence-corrected chi connectivity index (χ1v) is 6.73. The fourth-order valence-electron chi connectivity index (χ4n) is 1.34. The average molecular weight is 346 g/mol. The minimum absolute atomic E-state index is 0.111. The molecule has 6 nitrogen and oxygen atoms in total. The molecule has 2 N–H and O–H groups in total. The van der Waals surface area contributed by atoms with Gasteiger partial charge in [-0.15, -0.1) is 0 Å². The minimum Gasteiger partial charge on any atom is -0.483 e. The Morgan fingerprint density at radius 2 is 2.10 bits per heavy atom. The lowest BCUT2D eigenvalue weighted by atomic mass is 10.2. The highest BCUT2D eigenvalue weighted by atomic mass is 79.9. The van der Waals surface area contributed by atoms with Gasteiger partial charge in [-0.05, 0) is 40.5 Å². The molecular weight excluding hydrogens is 330 g/mol. The third kappa shape index (κ3) is 6.53. The fourth-order valence-corrected chi connectivity index (χ4v) is 1.95. The van der Waals surface area contributed by atoms with Crippen molar-refractivity contribution in [1.82, 2.24) is 5.32 Å². The van der Waals surface area contributed by atoms with Crippen LogP contribution in [0.15, 0.2) is 22.7 Å². The molecular formula is C13H16BrNO5. The van der Waals surface area contributed by atoms with E-state index in [0.29, 0.717) is 5.75 Å². The molecule has 0 unspecified atom stereocenters. The number of amides is 1. The molecule has 7 heteroatoms. The van der Waals surface area contributed by atoms with E-state index < -0.39 is 5.97 Å². The van der Waals surface area contributed by atoms with Crippen molar-refractivity contribution in [3.05, 3.63) is 28.2 Å². The maximum Gasteiger partial charge on any atom is 0.329 e. The van der Waals surface area contributed by atoms with E-state index in [9.17, 15) is 9.59 Å². The third-order valence-corrected chi connectivity index (χ3v) is 2.86. The van der Waals surface area contributed by atoms with Crippen molar-refractivity contribution in [1.29, 1.82) is 0 Å². The molecule has 0 bridgehead atoms. The summed E-state index contributed by atoms with van der Waals surface area (Å²) < 4.78 is 10.9. The number of hydrogen-bond donors (Lipinski definition) is 2. The van der Waals surface area contributed by atoms with Crippen LogP contribution in [-0.2, 0) is 14.3 Å². The number of carboxylic acids is 1. The highest BCUT2D eigenvalue weighted by Gasteiger charge is 2.05. The van der Waals surface area contributed by atoms with Gasteiger partial charge in [-0.3, -0.25) is 4.79 Å². The molecule has 0 spiro atoms. The Morgan fingerprint density at radius 1 is 1.35 bits per heavy atom. The van der Waals surface area contributed by atoms with Crippen molar-refractivity contribution in [3.63, 3.8) is 0 Å². The van der Waals surface area contributed by atoms with Crippen molar-refractivity contribution in [2.24, 2.45) is 0 Å². The maximum atomic E-state index is 11.5. The standard InChI is InChI=1S/C13H16BrNO5/c1-9-2-3-11(10(14)6-9)20-7-12(16)15-4-5-19-8-13(17)18/h2-3,6H,4-5,7-8H2,1H3,(H,15,16)(H,17,18). The molecule has 0 aliphatic carbocycles. The highest BCUT2D eigenvalue weighted by molar-refractivity contribution is 9.10. The molecule has 1 aromatic rings. The number of hydrogen-bond acceptors (Lipinski definition) is 4. The summed E-state index contributed by atoms with van der Waals surface area (Å²) in [5.74, 6) is -0.742. The summed E-state index contributed by atoms with van der Waals surface area (Å²) >= 11 is 3.35. The van der Waals surface area contributed by atoms with Crippen LogP contribution in [0, 0.1) is 6.92 Å². The fraction of sp³-hybridized carbons (Fsp3) is 0.385. The van der Waals surface area contributed by atoms with Crippen LogP contribution in [0.3, 0.4) is 0 Å². The van der Waals surface area contributed by atoms with Crippen LogP contribution in [0.5, 0.6) is 5.75 Å². The number of carbonyl (C=O) groups is 2. The number of halogens is 1. The van der Waals surface area contributed by atoms with E-state index in [-0.39, 0.29) is 32.3 Å². The van der Waals surface area contributed by atoms with E-state index >= 15 is 0 Å². The number of carboxylic acid groups (broad SMARTS) is 1. The van der Waals surface area contributed by atoms with Gasteiger partial charge in [0.05, 0.1) is 11.1 Å². The Morgan fingerprint density at radius 3 is 2.75 bits per heavy atom. The molecule has 0 saturated carbocycles. The van der Waals surface area contributed by atoms with E-state index in [2.05, 4.69) is 21.2 Å². The molecule has 0 aliphatic rings. The lowest BCUT2D eigenvalue weighted by Crippen LogP contribution is -2.32. The van der Waals surface area contributed by atoms with Gasteiger partial charge in [-0.25, -0.2) is 4.79 Å². The van der Waals surface area contributed by atoms with Crippen LogP contribution < -0.4 is 10.1 Å². The molecule has 0 fully saturated rings. The van der Waals surface area contributed by atoms with Gasteiger partial charge in [0.15, 0.2) is 6.61 Å². The third-order valence-electron chi connectivity index (χ3n) is 2.24. The summed E-state index contributed by atoms with van der Waals surface area (Å²) in [6, 6.07) is 5.56. The Bertz CT molecular complexity index is 478. The summed E-state index contributed by atoms with van der Waals surface area (Å²) in [4.78, 5) is 21.6. The smallest absolute Gasteiger partial charge is 0.329 e. The Balaban J connectivity index is 2.21. The van der Waals surface area contributed by atoms with E-state index in [1.54, 1.807) is 6.07 Å². The second-order valence-corrected chi connectivity index (χ2v) is 4.87. The zero-order chi connectivity index (χ0) is 15.0. The van der Waals surface area contributed by atoms with Crippen molar-refractivity contribution in [2.75, 3.05) is 26.4 Å². The summed E-state index contributed by atoms with van der Waals surface area (Å²) in [7, 11) is 0. The first kappa shape index (κ1) is 16.5. The zero-order valence-electron chi connectivity index (χ0n) is 11.0. The lowest BCUT2D eigenvalue weighted by molar-refractivity contribution is -0.142. The van der Waals surface area contributed by atoms with Gasteiger partial charge in [-0.2, -0.15) is 0 Å². The molecule has 0 aromatic heterocycles. The van der Waals surface area contributed by atoms with Crippen molar-refractivity contribution in [3.8, 4) is 5.75 Å². The monoisotopic (exact) mass is 345 g/mol. The van der Waals surface area contributed by atoms with Gasteiger partial charge in [-0.1, -0.05) is 6.07 Å². The SMILES string of the molecule is Cc1ccc(OCC(=O)NCCOCC(=O)O)c(Br)c1. The number of aryl methyl sites for hydroxylation is 1. The molecule has 0 radical (unpaired) electrons. The highest BCUT2D eigenvalue weighted by Crippen LogP contribution is 2.25. The number of carbonyl (C=O) groups excluding carboxylic acids is 1. The lowest BCUT2D eigenvalue weighted by Gasteiger charge is -2.09. The number of rotatable bonds is 8. The topological polar surface area (TPSA) is 84.9 Å². The average Bonchev–Trinajstić information content (AvgIpc) is 2.37. The number of nitrogens with one attached hydrogen (secondary N) is 1. The minimum atomic E-state index is -1.04. The van der Waals surface area contributed by atoms with Gasteiger partial charge in [0.1, 0.15) is 12.4 Å². The second kappa shape index (κ2) is 8.55. The zero-order valence-corrected chi connectivity index (χ0v) is 12.6. The largest absolute Gasteiger partial charge is 0.483 e. The van der Waals surface area contributed by atoms with E-state index in [0.717, 1.165) is 10.0 Å². The molecule has 1 aromatic carbocycles. The first-order valence-electron chi connectivity index (χ1n) is 5.94. The van der Waals surface area contributed by atoms with Gasteiger partial charge in [0.25, 0.3) is 5.91 Å². The van der Waals surface area contributed by atoms with Crippen molar-refractivity contribution in [2.45, 2.75) is 6.92 Å². The molecule has 0 aliphatic heterocycles. The van der Waals surface area contributed by atoms with Crippen LogP contribution >= 0.6 is 15.9 Å². The van der Waals surface area contributed by atoms with E-state index in [1.807, 2.05) is 19.1 Å². The van der Waals surface area contributed by atoms with E-state index in [1.165, 1.54) is 0 Å². The predicted octanol–water partition coefficient (Wildman–Crippen LogP) is 1.35. The molecule has 0 heterocycles. The molecule has 0 atom stereocenters. The summed E-state index contributed by atoms with van der Waals surface area (Å²) in [5.41, 5.74) is 1.09. The Labute approximate surface area is 125 Å². The maximum absolute atomic E-state index is 11.5. The number of benzene rings is 1. The van der Waals surface area contributed by atoms with Gasteiger partial charge < -0.3 is 19.9 Å². The van der Waals surface area contributed by atoms with Crippen LogP contribution in [0.25, 0.3) is 0 Å². The van der Waals surface area contributed by atoms with E-state index in [4.69, 9.17) is 14.6 Å². The van der Waals surface area contributed by atoms with Gasteiger partial charge >= 0.3 is 5.97 Å². The number of aliphatic carboxylic acids is 1. The first-order chi connectivity index (χ1) is 9.49. The van der Waals surface area contributed by atoms with Crippen LogP contribution in [0.2, 0.25) is 0 Å². The van der Waals surface area contributed by atoms with Gasteiger partial charge in [0.2, 0.25) is 0 Å². The second-order valence-electron chi connectivity index (χ2n) is 4.02. The molecule has 1 amide bonds. The molecule has 110 valence electrons. The van der Waals surface area contributed by atoms with Gasteiger partial charge in [0, 0.05) is 6.54 Å². The normalized spacial score (nSPS) is 10.1. The molecule has 20 heavy (non-hydrogen) atoms. The van der Waals surface area contributed by atoms with Crippen LogP contribution in [0.1, 0.15) is 5.56 Å².